The van der Waals surface area contributed by atoms with E-state index in [1.807, 2.05) is 0 Å². The van der Waals surface area contributed by atoms with E-state index in [0.717, 1.165) is 12.8 Å². The number of methoxy groups -OCH3 is 2. The number of carbonyl (C=O) groups is 1. The van der Waals surface area contributed by atoms with Crippen molar-refractivity contribution < 1.29 is 27.4 Å². The number of amides is 1. The van der Waals surface area contributed by atoms with Crippen molar-refractivity contribution in [1.29, 1.82) is 0 Å². The quantitative estimate of drug-likeness (QED) is 0.609. The Hall–Kier alpha value is -2.78. The molecule has 162 valence electrons. The Balaban J connectivity index is 1.66. The highest BCUT2D eigenvalue weighted by Gasteiger charge is 2.25. The molecule has 8 nitrogen and oxygen atoms in total. The largest absolute Gasteiger partial charge is 0.497 e. The first-order chi connectivity index (χ1) is 14.4. The normalized spacial score (nSPS) is 13.9. The number of likely N-dealkylation sites (tertiary alicyclic amines) is 1. The molecule has 0 radical (unpaired) electrons. The maximum absolute atomic E-state index is 12.8. The zero-order valence-corrected chi connectivity index (χ0v) is 17.9. The van der Waals surface area contributed by atoms with Crippen molar-refractivity contribution in [1.82, 2.24) is 9.62 Å². The third-order valence-electron chi connectivity index (χ3n) is 4.81. The smallest absolute Gasteiger partial charge is 0.257 e. The highest BCUT2D eigenvalue weighted by atomic mass is 32.2. The van der Waals surface area contributed by atoms with Gasteiger partial charge >= 0.3 is 0 Å². The molecular weight excluding hydrogens is 408 g/mol. The number of hydrogen-bond acceptors (Lipinski definition) is 6. The second-order valence-corrected chi connectivity index (χ2v) is 8.55. The SMILES string of the molecule is COc1cccc(OCCNS(=O)(=O)c2ccc(OC)c(C(=O)N3CCCC3)c2)c1. The summed E-state index contributed by atoms with van der Waals surface area (Å²) in [6, 6.07) is 11.3. The lowest BCUT2D eigenvalue weighted by molar-refractivity contribution is 0.0789. The summed E-state index contributed by atoms with van der Waals surface area (Å²) in [6.45, 7) is 1.54. The molecule has 1 fully saturated rings. The van der Waals surface area contributed by atoms with Crippen LogP contribution in [0.25, 0.3) is 0 Å². The van der Waals surface area contributed by atoms with E-state index >= 15 is 0 Å². The van der Waals surface area contributed by atoms with Gasteiger partial charge < -0.3 is 19.1 Å². The molecular formula is C21H26N2O6S. The minimum Gasteiger partial charge on any atom is -0.497 e. The number of benzene rings is 2. The molecule has 9 heteroatoms. The molecule has 1 saturated heterocycles. The highest BCUT2D eigenvalue weighted by molar-refractivity contribution is 7.89. The zero-order valence-electron chi connectivity index (χ0n) is 17.1. The molecule has 3 rings (SSSR count). The van der Waals surface area contributed by atoms with Crippen LogP contribution in [0, 0.1) is 0 Å². The maximum atomic E-state index is 12.8. The molecule has 0 bridgehead atoms. The van der Waals surface area contributed by atoms with Crippen molar-refractivity contribution in [3.05, 3.63) is 48.0 Å². The van der Waals surface area contributed by atoms with E-state index in [2.05, 4.69) is 4.72 Å². The van der Waals surface area contributed by atoms with Crippen molar-refractivity contribution in [2.45, 2.75) is 17.7 Å². The van der Waals surface area contributed by atoms with Crippen molar-refractivity contribution >= 4 is 15.9 Å². The van der Waals surface area contributed by atoms with Gasteiger partial charge in [0.15, 0.2) is 0 Å². The molecule has 1 N–H and O–H groups in total. The molecule has 0 unspecified atom stereocenters. The van der Waals surface area contributed by atoms with Gasteiger partial charge in [0, 0.05) is 25.7 Å². The minimum absolute atomic E-state index is 0.00669. The fraction of sp³-hybridized carbons (Fsp3) is 0.381. The van der Waals surface area contributed by atoms with E-state index in [1.165, 1.54) is 25.3 Å². The summed E-state index contributed by atoms with van der Waals surface area (Å²) in [4.78, 5) is 14.5. The van der Waals surface area contributed by atoms with Crippen molar-refractivity contribution in [2.24, 2.45) is 0 Å². The number of sulfonamides is 1. The van der Waals surface area contributed by atoms with Gasteiger partial charge in [-0.2, -0.15) is 0 Å². The van der Waals surface area contributed by atoms with Gasteiger partial charge in [0.1, 0.15) is 23.9 Å². The Bertz CT molecular complexity index is 987. The summed E-state index contributed by atoms with van der Waals surface area (Å²) in [5.41, 5.74) is 0.245. The fourth-order valence-electron chi connectivity index (χ4n) is 3.23. The molecule has 0 aliphatic carbocycles. The van der Waals surface area contributed by atoms with Crippen LogP contribution in [0.1, 0.15) is 23.2 Å². The average molecular weight is 435 g/mol. The van der Waals surface area contributed by atoms with Crippen LogP contribution in [0.2, 0.25) is 0 Å². The Labute approximate surface area is 176 Å². The lowest BCUT2D eigenvalue weighted by Gasteiger charge is -2.18. The lowest BCUT2D eigenvalue weighted by atomic mass is 10.1. The summed E-state index contributed by atoms with van der Waals surface area (Å²) in [5.74, 6) is 1.37. The van der Waals surface area contributed by atoms with Gasteiger partial charge in [0.05, 0.1) is 24.7 Å². The molecule has 30 heavy (non-hydrogen) atoms. The highest BCUT2D eigenvalue weighted by Crippen LogP contribution is 2.25. The number of ether oxygens (including phenoxy) is 3. The van der Waals surface area contributed by atoms with Gasteiger partial charge in [0.2, 0.25) is 10.0 Å². The fourth-order valence-corrected chi connectivity index (χ4v) is 4.27. The first-order valence-corrected chi connectivity index (χ1v) is 11.2. The van der Waals surface area contributed by atoms with Crippen LogP contribution < -0.4 is 18.9 Å². The van der Waals surface area contributed by atoms with Gasteiger partial charge in [-0.25, -0.2) is 13.1 Å². The zero-order chi connectivity index (χ0) is 21.6. The van der Waals surface area contributed by atoms with Crippen molar-refractivity contribution in [3.8, 4) is 17.2 Å². The molecule has 0 atom stereocenters. The van der Waals surface area contributed by atoms with Crippen molar-refractivity contribution in [2.75, 3.05) is 40.5 Å². The number of carbonyl (C=O) groups excluding carboxylic acids is 1. The Kier molecular flexibility index (Phi) is 7.17. The number of rotatable bonds is 9. The molecule has 0 aromatic heterocycles. The third kappa shape index (κ3) is 5.22. The molecule has 1 aliphatic heterocycles. The lowest BCUT2D eigenvalue weighted by Crippen LogP contribution is -2.30. The maximum Gasteiger partial charge on any atom is 0.257 e. The van der Waals surface area contributed by atoms with Crippen LogP contribution in [0.5, 0.6) is 17.2 Å². The molecule has 0 saturated carbocycles. The summed E-state index contributed by atoms with van der Waals surface area (Å²) >= 11 is 0. The Morgan fingerprint density at radius 2 is 1.77 bits per heavy atom. The van der Waals surface area contributed by atoms with Crippen LogP contribution in [-0.4, -0.2) is 59.7 Å². The number of nitrogens with zero attached hydrogens (tertiary/aromatic N) is 1. The third-order valence-corrected chi connectivity index (χ3v) is 6.27. The molecule has 2 aromatic rings. The molecule has 2 aromatic carbocycles. The first-order valence-electron chi connectivity index (χ1n) is 9.68. The first kappa shape index (κ1) is 21.9. The molecule has 1 amide bonds. The van der Waals surface area contributed by atoms with Crippen LogP contribution in [0.15, 0.2) is 47.4 Å². The second kappa shape index (κ2) is 9.82. The van der Waals surface area contributed by atoms with Gasteiger partial charge in [-0.15, -0.1) is 0 Å². The molecule has 0 spiro atoms. The van der Waals surface area contributed by atoms with Gasteiger partial charge in [0.25, 0.3) is 5.91 Å². The predicted octanol–water partition coefficient (Wildman–Crippen LogP) is 2.30. The van der Waals surface area contributed by atoms with E-state index in [0.29, 0.717) is 30.3 Å². The van der Waals surface area contributed by atoms with Crippen molar-refractivity contribution in [3.63, 3.8) is 0 Å². The van der Waals surface area contributed by atoms with E-state index in [-0.39, 0.29) is 29.5 Å². The average Bonchev–Trinajstić information content (AvgIpc) is 3.31. The Morgan fingerprint density at radius 3 is 2.47 bits per heavy atom. The summed E-state index contributed by atoms with van der Waals surface area (Å²) in [5, 5.41) is 0. The van der Waals surface area contributed by atoms with Crippen LogP contribution in [-0.2, 0) is 10.0 Å². The minimum atomic E-state index is -3.81. The van der Waals surface area contributed by atoms with E-state index in [1.54, 1.807) is 36.3 Å². The van der Waals surface area contributed by atoms with Crippen LogP contribution >= 0.6 is 0 Å². The standard InChI is InChI=1S/C21H26N2O6S/c1-27-16-6-5-7-17(14-16)29-13-10-22-30(25,26)18-8-9-20(28-2)19(15-18)21(24)23-11-3-4-12-23/h5-9,14-15,22H,3-4,10-13H2,1-2H3. The van der Waals surface area contributed by atoms with Gasteiger partial charge in [-0.05, 0) is 43.2 Å². The summed E-state index contributed by atoms with van der Waals surface area (Å²) in [7, 11) is -0.796. The molecule has 1 aliphatic rings. The topological polar surface area (TPSA) is 94.2 Å². The van der Waals surface area contributed by atoms with E-state index < -0.39 is 10.0 Å². The Morgan fingerprint density at radius 1 is 1.03 bits per heavy atom. The van der Waals surface area contributed by atoms with Gasteiger partial charge in [-0.1, -0.05) is 6.07 Å². The number of nitrogens with one attached hydrogen (secondary N) is 1. The number of hydrogen-bond donors (Lipinski definition) is 1. The molecule has 1 heterocycles. The van der Waals surface area contributed by atoms with Gasteiger partial charge in [-0.3, -0.25) is 4.79 Å². The van der Waals surface area contributed by atoms with Crippen LogP contribution in [0.4, 0.5) is 0 Å². The monoisotopic (exact) mass is 434 g/mol. The van der Waals surface area contributed by atoms with E-state index in [4.69, 9.17) is 14.2 Å². The van der Waals surface area contributed by atoms with Crippen LogP contribution in [0.3, 0.4) is 0 Å². The summed E-state index contributed by atoms with van der Waals surface area (Å²) < 4.78 is 43.8. The predicted molar refractivity (Wildman–Crippen MR) is 112 cm³/mol. The second-order valence-electron chi connectivity index (χ2n) is 6.79. The summed E-state index contributed by atoms with van der Waals surface area (Å²) in [6.07, 6.45) is 1.89. The van der Waals surface area contributed by atoms with E-state index in [9.17, 15) is 13.2 Å².